The molecule has 0 amide bonds. The number of halogens is 2. The van der Waals surface area contributed by atoms with Gasteiger partial charge in [-0.05, 0) is 29.8 Å². The van der Waals surface area contributed by atoms with Gasteiger partial charge in [0.25, 0.3) is 5.78 Å². The van der Waals surface area contributed by atoms with Crippen LogP contribution in [0, 0.1) is 5.82 Å². The summed E-state index contributed by atoms with van der Waals surface area (Å²) in [5.74, 6) is 0.508. The minimum absolute atomic E-state index is 0.330. The summed E-state index contributed by atoms with van der Waals surface area (Å²) in [5, 5.41) is 5.40. The first-order valence-corrected chi connectivity index (χ1v) is 9.58. The maximum atomic E-state index is 13.9. The Bertz CT molecular complexity index is 1090. The average molecular weight is 397 g/mol. The van der Waals surface area contributed by atoms with Gasteiger partial charge in [0, 0.05) is 22.5 Å². The van der Waals surface area contributed by atoms with Crippen molar-refractivity contribution in [2.45, 2.75) is 10.9 Å². The van der Waals surface area contributed by atoms with Crippen molar-refractivity contribution in [3.8, 4) is 0 Å². The van der Waals surface area contributed by atoms with E-state index in [0.717, 1.165) is 11.3 Å². The molecule has 27 heavy (non-hydrogen) atoms. The van der Waals surface area contributed by atoms with Crippen LogP contribution < -0.4 is 0 Å². The van der Waals surface area contributed by atoms with E-state index in [1.54, 1.807) is 22.8 Å². The van der Waals surface area contributed by atoms with Crippen LogP contribution in [0.1, 0.15) is 16.8 Å². The Kier molecular flexibility index (Phi) is 5.18. The van der Waals surface area contributed by atoms with Crippen molar-refractivity contribution < 1.29 is 4.39 Å². The standard InChI is InChI=1S/C20H14ClFN4S/c21-17-7-4-8-18(22)16(17)13-27-20-24-19-23-12-11-15(26(19)25-20)10-9-14-5-2-1-3-6-14/h1-12H,13H2. The van der Waals surface area contributed by atoms with E-state index in [1.807, 2.05) is 48.6 Å². The molecular formula is C20H14ClFN4S. The monoisotopic (exact) mass is 396 g/mol. The van der Waals surface area contributed by atoms with Crippen molar-refractivity contribution >= 4 is 41.3 Å². The predicted octanol–water partition coefficient (Wildman–Crippen LogP) is 5.38. The molecule has 0 bridgehead atoms. The molecular weight excluding hydrogens is 383 g/mol. The summed E-state index contributed by atoms with van der Waals surface area (Å²) in [6.07, 6.45) is 5.65. The van der Waals surface area contributed by atoms with Crippen LogP contribution in [0.15, 0.2) is 66.0 Å². The summed E-state index contributed by atoms with van der Waals surface area (Å²) >= 11 is 7.40. The van der Waals surface area contributed by atoms with E-state index in [1.165, 1.54) is 17.8 Å². The Hall–Kier alpha value is -2.70. The highest BCUT2D eigenvalue weighted by Crippen LogP contribution is 2.27. The Morgan fingerprint density at radius 1 is 1.04 bits per heavy atom. The van der Waals surface area contributed by atoms with Gasteiger partial charge in [0.05, 0.1) is 5.69 Å². The molecule has 0 saturated heterocycles. The van der Waals surface area contributed by atoms with E-state index >= 15 is 0 Å². The smallest absolute Gasteiger partial charge is 0.220 e. The van der Waals surface area contributed by atoms with Crippen LogP contribution in [0.25, 0.3) is 17.9 Å². The number of thioether (sulfide) groups is 1. The van der Waals surface area contributed by atoms with E-state index in [2.05, 4.69) is 15.1 Å². The van der Waals surface area contributed by atoms with E-state index in [9.17, 15) is 4.39 Å². The fourth-order valence-electron chi connectivity index (χ4n) is 2.53. The lowest BCUT2D eigenvalue weighted by atomic mass is 10.2. The van der Waals surface area contributed by atoms with Gasteiger partial charge in [-0.3, -0.25) is 0 Å². The molecule has 0 radical (unpaired) electrons. The van der Waals surface area contributed by atoms with Crippen molar-refractivity contribution in [3.63, 3.8) is 0 Å². The van der Waals surface area contributed by atoms with Gasteiger partial charge in [-0.1, -0.05) is 65.8 Å². The molecule has 0 saturated carbocycles. The zero-order valence-corrected chi connectivity index (χ0v) is 15.7. The number of nitrogens with zero attached hydrogens (tertiary/aromatic N) is 4. The molecule has 2 heterocycles. The van der Waals surface area contributed by atoms with Crippen LogP contribution in [-0.4, -0.2) is 19.6 Å². The largest absolute Gasteiger partial charge is 0.253 e. The lowest BCUT2D eigenvalue weighted by molar-refractivity contribution is 0.617. The summed E-state index contributed by atoms with van der Waals surface area (Å²) in [5.41, 5.74) is 2.39. The normalized spacial score (nSPS) is 11.5. The molecule has 0 atom stereocenters. The van der Waals surface area contributed by atoms with Crippen LogP contribution in [0.4, 0.5) is 4.39 Å². The molecule has 2 aromatic carbocycles. The first-order chi connectivity index (χ1) is 13.2. The molecule has 2 aromatic heterocycles. The fourth-order valence-corrected chi connectivity index (χ4v) is 3.69. The number of hydrogen-bond acceptors (Lipinski definition) is 4. The topological polar surface area (TPSA) is 43.1 Å². The first-order valence-electron chi connectivity index (χ1n) is 8.21. The fraction of sp³-hybridized carbons (Fsp3) is 0.0500. The lowest BCUT2D eigenvalue weighted by Gasteiger charge is -2.03. The highest BCUT2D eigenvalue weighted by Gasteiger charge is 2.11. The highest BCUT2D eigenvalue weighted by atomic mass is 35.5. The van der Waals surface area contributed by atoms with Crippen molar-refractivity contribution in [1.82, 2.24) is 19.6 Å². The lowest BCUT2D eigenvalue weighted by Crippen LogP contribution is -1.95. The SMILES string of the molecule is Fc1cccc(Cl)c1CSc1nc2nccc(C=Cc3ccccc3)n2n1. The molecule has 7 heteroatoms. The molecule has 0 spiro atoms. The van der Waals surface area contributed by atoms with E-state index in [4.69, 9.17) is 11.6 Å². The van der Waals surface area contributed by atoms with Crippen LogP contribution in [0.5, 0.6) is 0 Å². The Labute approximate surface area is 164 Å². The zero-order valence-electron chi connectivity index (χ0n) is 14.1. The van der Waals surface area contributed by atoms with Gasteiger partial charge in [-0.2, -0.15) is 9.50 Å². The number of benzene rings is 2. The average Bonchev–Trinajstić information content (AvgIpc) is 3.10. The summed E-state index contributed by atoms with van der Waals surface area (Å²) in [7, 11) is 0. The van der Waals surface area contributed by atoms with Crippen LogP contribution in [0.2, 0.25) is 5.02 Å². The molecule has 0 fully saturated rings. The Morgan fingerprint density at radius 2 is 1.89 bits per heavy atom. The maximum absolute atomic E-state index is 13.9. The third kappa shape index (κ3) is 4.02. The molecule has 0 aliphatic heterocycles. The van der Waals surface area contributed by atoms with Gasteiger partial charge in [-0.15, -0.1) is 5.10 Å². The Balaban J connectivity index is 1.58. The molecule has 4 rings (SSSR count). The van der Waals surface area contributed by atoms with E-state index in [-0.39, 0.29) is 5.82 Å². The highest BCUT2D eigenvalue weighted by molar-refractivity contribution is 7.98. The zero-order chi connectivity index (χ0) is 18.6. The molecule has 0 aliphatic rings. The van der Waals surface area contributed by atoms with E-state index in [0.29, 0.717) is 27.3 Å². The van der Waals surface area contributed by atoms with Crippen molar-refractivity contribution in [2.24, 2.45) is 0 Å². The van der Waals surface area contributed by atoms with E-state index < -0.39 is 0 Å². The quantitative estimate of drug-likeness (QED) is 0.425. The van der Waals surface area contributed by atoms with Crippen LogP contribution >= 0.6 is 23.4 Å². The number of aromatic nitrogens is 4. The second-order valence-electron chi connectivity index (χ2n) is 5.71. The molecule has 0 aliphatic carbocycles. The minimum atomic E-state index is -0.330. The van der Waals surface area contributed by atoms with Gasteiger partial charge < -0.3 is 0 Å². The first kappa shape index (κ1) is 17.7. The summed E-state index contributed by atoms with van der Waals surface area (Å²) in [6, 6.07) is 16.5. The number of fused-ring (bicyclic) bond motifs is 1. The van der Waals surface area contributed by atoms with Gasteiger partial charge >= 0.3 is 0 Å². The molecule has 0 unspecified atom stereocenters. The number of rotatable bonds is 5. The Morgan fingerprint density at radius 3 is 2.70 bits per heavy atom. The predicted molar refractivity (Wildman–Crippen MR) is 107 cm³/mol. The van der Waals surface area contributed by atoms with Crippen LogP contribution in [0.3, 0.4) is 0 Å². The molecule has 0 N–H and O–H groups in total. The van der Waals surface area contributed by atoms with Gasteiger partial charge in [0.15, 0.2) is 0 Å². The molecule has 4 nitrogen and oxygen atoms in total. The minimum Gasteiger partial charge on any atom is -0.220 e. The van der Waals surface area contributed by atoms with Gasteiger partial charge in [-0.25, -0.2) is 9.37 Å². The third-order valence-electron chi connectivity index (χ3n) is 3.90. The molecule has 4 aromatic rings. The maximum Gasteiger partial charge on any atom is 0.253 e. The summed E-state index contributed by atoms with van der Waals surface area (Å²) < 4.78 is 15.6. The van der Waals surface area contributed by atoms with Crippen molar-refractivity contribution in [2.75, 3.05) is 0 Å². The van der Waals surface area contributed by atoms with Gasteiger partial charge in [0.2, 0.25) is 5.16 Å². The van der Waals surface area contributed by atoms with Crippen molar-refractivity contribution in [1.29, 1.82) is 0 Å². The second-order valence-corrected chi connectivity index (χ2v) is 7.06. The molecule has 134 valence electrons. The van der Waals surface area contributed by atoms with Gasteiger partial charge in [0.1, 0.15) is 5.82 Å². The number of hydrogen-bond donors (Lipinski definition) is 0. The summed E-state index contributed by atoms with van der Waals surface area (Å²) in [4.78, 5) is 8.66. The van der Waals surface area contributed by atoms with Crippen LogP contribution in [-0.2, 0) is 5.75 Å². The van der Waals surface area contributed by atoms with Crippen molar-refractivity contribution in [3.05, 3.63) is 88.5 Å². The third-order valence-corrected chi connectivity index (χ3v) is 5.12. The second kappa shape index (κ2) is 7.90. The summed E-state index contributed by atoms with van der Waals surface area (Å²) in [6.45, 7) is 0.